The summed E-state index contributed by atoms with van der Waals surface area (Å²) in [5.41, 5.74) is 0.937. The number of carboxylic acid groups (broad SMARTS) is 1. The summed E-state index contributed by atoms with van der Waals surface area (Å²) in [6, 6.07) is 3.27. The Balaban J connectivity index is 1.76. The zero-order valence-electron chi connectivity index (χ0n) is 12.2. The summed E-state index contributed by atoms with van der Waals surface area (Å²) < 4.78 is 1.57. The second-order valence-electron chi connectivity index (χ2n) is 5.66. The van der Waals surface area contributed by atoms with E-state index >= 15 is 0 Å². The summed E-state index contributed by atoms with van der Waals surface area (Å²) >= 11 is 0. The minimum atomic E-state index is -0.945. The standard InChI is InChI=1S/C15H20N4O2/c1-2-18-7-3-4-11(9-18)8-13-16-14-6-5-12(15(20)21)10-19(14)17-13/h5-6,10-11H,2-4,7-9H2,1H3,(H,20,21). The molecule has 21 heavy (non-hydrogen) atoms. The average molecular weight is 288 g/mol. The van der Waals surface area contributed by atoms with Crippen molar-refractivity contribution in [3.63, 3.8) is 0 Å². The van der Waals surface area contributed by atoms with Crippen LogP contribution in [0.4, 0.5) is 0 Å². The summed E-state index contributed by atoms with van der Waals surface area (Å²) in [5, 5.41) is 13.4. The third-order valence-electron chi connectivity index (χ3n) is 4.14. The summed E-state index contributed by atoms with van der Waals surface area (Å²) in [6.07, 6.45) is 4.83. The van der Waals surface area contributed by atoms with Crippen LogP contribution in [-0.2, 0) is 6.42 Å². The molecule has 112 valence electrons. The third kappa shape index (κ3) is 3.05. The second-order valence-corrected chi connectivity index (χ2v) is 5.66. The number of fused-ring (bicyclic) bond motifs is 1. The van der Waals surface area contributed by atoms with Gasteiger partial charge in [0.1, 0.15) is 0 Å². The topological polar surface area (TPSA) is 70.7 Å². The molecule has 6 heteroatoms. The minimum Gasteiger partial charge on any atom is -0.478 e. The maximum absolute atomic E-state index is 11.0. The Bertz CT molecular complexity index is 652. The lowest BCUT2D eigenvalue weighted by Gasteiger charge is -2.31. The molecule has 2 aromatic rings. The molecule has 0 radical (unpaired) electrons. The Kier molecular flexibility index (Phi) is 3.88. The summed E-state index contributed by atoms with van der Waals surface area (Å²) in [6.45, 7) is 5.58. The number of pyridine rings is 1. The minimum absolute atomic E-state index is 0.230. The molecule has 0 amide bonds. The molecule has 0 saturated carbocycles. The van der Waals surface area contributed by atoms with Gasteiger partial charge in [-0.2, -0.15) is 5.10 Å². The normalized spacial score (nSPS) is 20.0. The molecule has 1 aliphatic heterocycles. The highest BCUT2D eigenvalue weighted by molar-refractivity contribution is 5.87. The van der Waals surface area contributed by atoms with E-state index in [9.17, 15) is 4.79 Å². The Labute approximate surface area is 123 Å². The van der Waals surface area contributed by atoms with Gasteiger partial charge in [0, 0.05) is 19.2 Å². The van der Waals surface area contributed by atoms with Crippen LogP contribution in [0.2, 0.25) is 0 Å². The Hall–Kier alpha value is -1.95. The number of aromatic nitrogens is 3. The van der Waals surface area contributed by atoms with Gasteiger partial charge < -0.3 is 10.0 Å². The molecular weight excluding hydrogens is 268 g/mol. The first-order valence-electron chi connectivity index (χ1n) is 7.46. The number of piperidine rings is 1. The molecule has 1 aliphatic rings. The lowest BCUT2D eigenvalue weighted by Crippen LogP contribution is -2.36. The predicted molar refractivity (Wildman–Crippen MR) is 78.5 cm³/mol. The number of rotatable bonds is 4. The lowest BCUT2D eigenvalue weighted by atomic mass is 9.94. The van der Waals surface area contributed by atoms with Crippen molar-refractivity contribution in [3.05, 3.63) is 29.7 Å². The van der Waals surface area contributed by atoms with E-state index in [0.29, 0.717) is 11.6 Å². The second kappa shape index (κ2) is 5.81. The van der Waals surface area contributed by atoms with Gasteiger partial charge in [-0.25, -0.2) is 14.3 Å². The molecule has 1 atom stereocenters. The van der Waals surface area contributed by atoms with Crippen LogP contribution >= 0.6 is 0 Å². The van der Waals surface area contributed by atoms with Gasteiger partial charge in [0.2, 0.25) is 0 Å². The van der Waals surface area contributed by atoms with Crippen molar-refractivity contribution in [1.82, 2.24) is 19.5 Å². The molecule has 0 aliphatic carbocycles. The predicted octanol–water partition coefficient (Wildman–Crippen LogP) is 1.70. The van der Waals surface area contributed by atoms with Crippen LogP contribution in [0.5, 0.6) is 0 Å². The van der Waals surface area contributed by atoms with E-state index in [4.69, 9.17) is 5.11 Å². The highest BCUT2D eigenvalue weighted by atomic mass is 16.4. The number of nitrogens with zero attached hydrogens (tertiary/aromatic N) is 4. The number of hydrogen-bond donors (Lipinski definition) is 1. The molecule has 3 rings (SSSR count). The van der Waals surface area contributed by atoms with Gasteiger partial charge >= 0.3 is 5.97 Å². The Morgan fingerprint density at radius 1 is 1.48 bits per heavy atom. The van der Waals surface area contributed by atoms with Crippen LogP contribution in [-0.4, -0.2) is 50.2 Å². The highest BCUT2D eigenvalue weighted by Crippen LogP contribution is 2.19. The molecule has 0 aromatic carbocycles. The molecular formula is C15H20N4O2. The first-order chi connectivity index (χ1) is 10.2. The lowest BCUT2D eigenvalue weighted by molar-refractivity contribution is 0.0696. The van der Waals surface area contributed by atoms with Gasteiger partial charge in [0.05, 0.1) is 5.56 Å². The first-order valence-corrected chi connectivity index (χ1v) is 7.46. The average Bonchev–Trinajstić information content (AvgIpc) is 2.88. The fourth-order valence-corrected chi connectivity index (χ4v) is 3.01. The largest absolute Gasteiger partial charge is 0.478 e. The number of carboxylic acids is 1. The van der Waals surface area contributed by atoms with E-state index in [1.165, 1.54) is 25.6 Å². The summed E-state index contributed by atoms with van der Waals surface area (Å²) in [7, 11) is 0. The number of carbonyl (C=O) groups is 1. The van der Waals surface area contributed by atoms with Gasteiger partial charge in [0.15, 0.2) is 11.5 Å². The van der Waals surface area contributed by atoms with Gasteiger partial charge in [0.25, 0.3) is 0 Å². The number of likely N-dealkylation sites (tertiary alicyclic amines) is 1. The third-order valence-corrected chi connectivity index (χ3v) is 4.14. The van der Waals surface area contributed by atoms with E-state index in [1.54, 1.807) is 16.6 Å². The van der Waals surface area contributed by atoms with Crippen molar-refractivity contribution in [1.29, 1.82) is 0 Å². The van der Waals surface area contributed by atoms with Gasteiger partial charge in [-0.1, -0.05) is 6.92 Å². The maximum atomic E-state index is 11.0. The van der Waals surface area contributed by atoms with Crippen LogP contribution in [0.15, 0.2) is 18.3 Å². The zero-order chi connectivity index (χ0) is 14.8. The van der Waals surface area contributed by atoms with Crippen molar-refractivity contribution in [2.45, 2.75) is 26.2 Å². The van der Waals surface area contributed by atoms with Crippen molar-refractivity contribution >= 4 is 11.6 Å². The molecule has 0 spiro atoms. The molecule has 1 saturated heterocycles. The van der Waals surface area contributed by atoms with Crippen LogP contribution in [0, 0.1) is 5.92 Å². The maximum Gasteiger partial charge on any atom is 0.337 e. The van der Waals surface area contributed by atoms with Crippen molar-refractivity contribution in [3.8, 4) is 0 Å². The van der Waals surface area contributed by atoms with E-state index in [1.807, 2.05) is 0 Å². The van der Waals surface area contributed by atoms with E-state index in [2.05, 4.69) is 21.9 Å². The van der Waals surface area contributed by atoms with Crippen LogP contribution in [0.3, 0.4) is 0 Å². The van der Waals surface area contributed by atoms with Gasteiger partial charge in [-0.15, -0.1) is 0 Å². The zero-order valence-corrected chi connectivity index (χ0v) is 12.2. The number of aromatic carboxylic acids is 1. The van der Waals surface area contributed by atoms with Gasteiger partial charge in [-0.3, -0.25) is 0 Å². The molecule has 6 nitrogen and oxygen atoms in total. The van der Waals surface area contributed by atoms with E-state index in [0.717, 1.165) is 25.3 Å². The monoisotopic (exact) mass is 288 g/mol. The fourth-order valence-electron chi connectivity index (χ4n) is 3.01. The molecule has 1 fully saturated rings. The summed E-state index contributed by atoms with van der Waals surface area (Å²) in [4.78, 5) is 17.9. The number of hydrogen-bond acceptors (Lipinski definition) is 4. The molecule has 1 N–H and O–H groups in total. The van der Waals surface area contributed by atoms with Crippen molar-refractivity contribution in [2.24, 2.45) is 5.92 Å². The smallest absolute Gasteiger partial charge is 0.337 e. The van der Waals surface area contributed by atoms with Crippen LogP contribution in [0.1, 0.15) is 35.9 Å². The fraction of sp³-hybridized carbons (Fsp3) is 0.533. The van der Waals surface area contributed by atoms with E-state index in [-0.39, 0.29) is 5.56 Å². The summed E-state index contributed by atoms with van der Waals surface area (Å²) in [5.74, 6) is 0.454. The van der Waals surface area contributed by atoms with Crippen molar-refractivity contribution in [2.75, 3.05) is 19.6 Å². The molecule has 2 aromatic heterocycles. The van der Waals surface area contributed by atoms with E-state index < -0.39 is 5.97 Å². The van der Waals surface area contributed by atoms with Crippen molar-refractivity contribution < 1.29 is 9.90 Å². The Morgan fingerprint density at radius 3 is 3.10 bits per heavy atom. The Morgan fingerprint density at radius 2 is 2.33 bits per heavy atom. The van der Waals surface area contributed by atoms with Crippen LogP contribution < -0.4 is 0 Å². The highest BCUT2D eigenvalue weighted by Gasteiger charge is 2.20. The molecule has 1 unspecified atom stereocenters. The molecule has 0 bridgehead atoms. The first kappa shape index (κ1) is 14.0. The van der Waals surface area contributed by atoms with Gasteiger partial charge in [-0.05, 0) is 44.0 Å². The quantitative estimate of drug-likeness (QED) is 0.927. The SMILES string of the molecule is CCN1CCCC(Cc2nc3ccc(C(=O)O)cn3n2)C1. The van der Waals surface area contributed by atoms with Crippen LogP contribution in [0.25, 0.3) is 5.65 Å². The molecule has 3 heterocycles.